The van der Waals surface area contributed by atoms with Crippen molar-refractivity contribution in [3.8, 4) is 11.5 Å². The summed E-state index contributed by atoms with van der Waals surface area (Å²) in [6, 6.07) is 16.5. The zero-order chi connectivity index (χ0) is 37.9. The van der Waals surface area contributed by atoms with Gasteiger partial charge in [0.25, 0.3) is 0 Å². The number of fused-ring (bicyclic) bond motifs is 2. The fourth-order valence-corrected chi connectivity index (χ4v) is 9.06. The number of nitrogens with two attached hydrogens (primary N) is 1. The first-order valence-electron chi connectivity index (χ1n) is 20.6. The van der Waals surface area contributed by atoms with Gasteiger partial charge in [-0.05, 0) is 93.0 Å². The van der Waals surface area contributed by atoms with Crippen molar-refractivity contribution in [2.45, 2.75) is 109 Å². The monoisotopic (exact) mass is 741 g/mol. The van der Waals surface area contributed by atoms with Gasteiger partial charge in [0.2, 0.25) is 0 Å². The number of nitrogens with zero attached hydrogens (tertiary/aromatic N) is 1. The van der Waals surface area contributed by atoms with E-state index in [1.165, 1.54) is 30.4 Å². The third-order valence-electron chi connectivity index (χ3n) is 12.0. The highest BCUT2D eigenvalue weighted by Crippen LogP contribution is 2.47. The lowest BCUT2D eigenvalue weighted by Gasteiger charge is -2.24. The van der Waals surface area contributed by atoms with E-state index in [-0.39, 0.29) is 25.1 Å². The second-order valence-electron chi connectivity index (χ2n) is 16.1. The Morgan fingerprint density at radius 1 is 1.07 bits per heavy atom. The van der Waals surface area contributed by atoms with Crippen molar-refractivity contribution in [1.82, 2.24) is 5.32 Å². The van der Waals surface area contributed by atoms with Gasteiger partial charge < -0.3 is 41.0 Å². The van der Waals surface area contributed by atoms with Crippen molar-refractivity contribution in [3.05, 3.63) is 95.1 Å². The SMILES string of the molecule is CC(O)CNCC1C2=C[C+](C(O)COc3cc(CC[C-]4C=C(CO)C(CCCCCC(CN)Cc5ccccc5)O4)ccc3O)N=C2CCC2CCCC21. The predicted molar refractivity (Wildman–Crippen MR) is 214 cm³/mol. The number of aryl methyl sites for hydroxylation is 1. The second kappa shape index (κ2) is 20.0. The number of phenols is 1. The largest absolute Gasteiger partial charge is 0.504 e. The minimum atomic E-state index is -0.928. The maximum Gasteiger partial charge on any atom is 0.189 e. The predicted octanol–water partition coefficient (Wildman–Crippen LogP) is 6.39. The van der Waals surface area contributed by atoms with E-state index in [2.05, 4.69) is 35.7 Å². The highest BCUT2D eigenvalue weighted by Gasteiger charge is 2.47. The van der Waals surface area contributed by atoms with Crippen LogP contribution in [0.5, 0.6) is 11.5 Å². The van der Waals surface area contributed by atoms with Crippen LogP contribution in [0.25, 0.3) is 0 Å². The smallest absolute Gasteiger partial charge is 0.189 e. The lowest BCUT2D eigenvalue weighted by Crippen LogP contribution is -2.34. The molecule has 2 aliphatic heterocycles. The molecule has 2 aromatic rings. The molecule has 7 atom stereocenters. The molecule has 7 N–H and O–H groups in total. The number of hydrogen-bond acceptors (Lipinski definition) is 9. The quantitative estimate of drug-likeness (QED) is 0.0637. The molecule has 54 heavy (non-hydrogen) atoms. The molecule has 0 bridgehead atoms. The molecule has 0 radical (unpaired) electrons. The number of nitrogens with one attached hydrogen (secondary N) is 1. The Hall–Kier alpha value is -3.31. The number of benzene rings is 2. The molecular formula is C45H63N3O6. The summed E-state index contributed by atoms with van der Waals surface area (Å²) in [7, 11) is 0. The van der Waals surface area contributed by atoms with Crippen LogP contribution in [-0.2, 0) is 17.6 Å². The summed E-state index contributed by atoms with van der Waals surface area (Å²) < 4.78 is 12.3. The Morgan fingerprint density at radius 2 is 1.93 bits per heavy atom. The van der Waals surface area contributed by atoms with E-state index in [1.807, 2.05) is 24.3 Å². The fourth-order valence-electron chi connectivity index (χ4n) is 9.06. The number of aromatic hydroxyl groups is 1. The summed E-state index contributed by atoms with van der Waals surface area (Å²) in [6.07, 6.45) is 17.0. The summed E-state index contributed by atoms with van der Waals surface area (Å²) in [5.74, 6) is 2.47. The number of phenolic OH excluding ortho intramolecular Hbond substituents is 1. The minimum absolute atomic E-state index is 0.0110. The van der Waals surface area contributed by atoms with Crippen molar-refractivity contribution in [3.63, 3.8) is 0 Å². The van der Waals surface area contributed by atoms with Crippen LogP contribution >= 0.6 is 0 Å². The van der Waals surface area contributed by atoms with Crippen molar-refractivity contribution >= 4 is 5.71 Å². The Kier molecular flexibility index (Phi) is 15.0. The number of rotatable bonds is 21. The molecule has 0 spiro atoms. The van der Waals surface area contributed by atoms with Crippen LogP contribution in [0.2, 0.25) is 0 Å². The van der Waals surface area contributed by atoms with Gasteiger partial charge in [-0.25, -0.2) is 0 Å². The van der Waals surface area contributed by atoms with Crippen LogP contribution in [0.4, 0.5) is 0 Å². The van der Waals surface area contributed by atoms with Crippen molar-refractivity contribution in [2.75, 3.05) is 32.8 Å². The highest BCUT2D eigenvalue weighted by molar-refractivity contribution is 6.04. The summed E-state index contributed by atoms with van der Waals surface area (Å²) >= 11 is 0. The zero-order valence-corrected chi connectivity index (χ0v) is 32.2. The van der Waals surface area contributed by atoms with E-state index >= 15 is 0 Å². The summed E-state index contributed by atoms with van der Waals surface area (Å²) in [5.41, 5.74) is 11.6. The van der Waals surface area contributed by atoms with Gasteiger partial charge in [0, 0.05) is 32.2 Å². The molecule has 0 aromatic heterocycles. The zero-order valence-electron chi connectivity index (χ0n) is 32.2. The van der Waals surface area contributed by atoms with E-state index in [9.17, 15) is 20.4 Å². The molecule has 0 saturated heterocycles. The number of aliphatic hydroxyl groups is 3. The number of aliphatic hydroxyl groups excluding tert-OH is 3. The van der Waals surface area contributed by atoms with Gasteiger partial charge in [-0.3, -0.25) is 0 Å². The Bertz CT molecular complexity index is 1560. The molecule has 9 heteroatoms. The molecule has 2 aliphatic carbocycles. The van der Waals surface area contributed by atoms with Gasteiger partial charge in [-0.15, -0.1) is 4.99 Å². The molecule has 9 nitrogen and oxygen atoms in total. The summed E-state index contributed by atoms with van der Waals surface area (Å²) in [4.78, 5) is 4.91. The first-order valence-corrected chi connectivity index (χ1v) is 20.6. The number of ether oxygens (including phenoxy) is 2. The average Bonchev–Trinajstić information content (AvgIpc) is 3.91. The van der Waals surface area contributed by atoms with E-state index in [0.717, 1.165) is 80.9 Å². The molecule has 0 amide bonds. The van der Waals surface area contributed by atoms with Crippen molar-refractivity contribution in [2.24, 2.45) is 34.4 Å². The lowest BCUT2D eigenvalue weighted by molar-refractivity contribution is 0.102. The van der Waals surface area contributed by atoms with E-state index in [1.54, 1.807) is 13.0 Å². The third-order valence-corrected chi connectivity index (χ3v) is 12.0. The van der Waals surface area contributed by atoms with Crippen molar-refractivity contribution in [1.29, 1.82) is 0 Å². The Labute approximate surface area is 322 Å². The summed E-state index contributed by atoms with van der Waals surface area (Å²) in [5, 5.41) is 45.2. The van der Waals surface area contributed by atoms with Gasteiger partial charge in [-0.1, -0.05) is 81.0 Å². The van der Waals surface area contributed by atoms with Gasteiger partial charge in [0.1, 0.15) is 12.2 Å². The van der Waals surface area contributed by atoms with Crippen LogP contribution < -0.4 is 15.8 Å². The van der Waals surface area contributed by atoms with Crippen molar-refractivity contribution < 1.29 is 29.9 Å². The molecular weight excluding hydrogens is 679 g/mol. The van der Waals surface area contributed by atoms with Crippen LogP contribution in [0.15, 0.2) is 76.8 Å². The van der Waals surface area contributed by atoms with E-state index < -0.39 is 12.2 Å². The molecule has 2 fully saturated rings. The molecule has 2 heterocycles. The summed E-state index contributed by atoms with van der Waals surface area (Å²) in [6.45, 7) is 3.83. The maximum atomic E-state index is 11.2. The first-order chi connectivity index (χ1) is 26.3. The normalized spacial score (nSPS) is 24.0. The maximum absolute atomic E-state index is 11.2. The number of unbranched alkanes of at least 4 members (excludes halogenated alkanes) is 2. The number of aliphatic imine (C=N–C) groups is 1. The van der Waals surface area contributed by atoms with Crippen LogP contribution in [0, 0.1) is 35.8 Å². The highest BCUT2D eigenvalue weighted by atomic mass is 16.5. The topological polar surface area (TPSA) is 150 Å². The fraction of sp³-hybridized carbons (Fsp3) is 0.578. The van der Waals surface area contributed by atoms with Gasteiger partial charge in [-0.2, -0.15) is 11.6 Å². The third kappa shape index (κ3) is 10.9. The van der Waals surface area contributed by atoms with E-state index in [0.29, 0.717) is 61.4 Å². The molecule has 294 valence electrons. The molecule has 2 aromatic carbocycles. The number of hydrogen-bond donors (Lipinski definition) is 6. The van der Waals surface area contributed by atoms with Gasteiger partial charge >= 0.3 is 0 Å². The second-order valence-corrected chi connectivity index (χ2v) is 16.1. The first kappa shape index (κ1) is 40.4. The average molecular weight is 742 g/mol. The lowest BCUT2D eigenvalue weighted by atomic mass is 9.80. The van der Waals surface area contributed by atoms with Gasteiger partial charge in [0.15, 0.2) is 29.4 Å². The molecule has 4 aliphatic rings. The van der Waals surface area contributed by atoms with Crippen LogP contribution in [0.1, 0.15) is 88.7 Å². The minimum Gasteiger partial charge on any atom is -0.504 e. The molecule has 2 saturated carbocycles. The Balaban J connectivity index is 0.950. The molecule has 6 rings (SSSR count). The van der Waals surface area contributed by atoms with Crippen LogP contribution in [-0.4, -0.2) is 77.3 Å². The standard InChI is InChI=1S/C45H63N3O6/c1-30(50)26-47-27-39-37-13-8-12-34(37)17-19-40-38(39)24-41(48-40)43(52)29-53-45-22-32(16-20-42(45)51)15-18-36-23-35(28-49)44(54-36)14-7-3-6-11-33(25-46)21-31-9-4-2-5-10-31/h2,4-5,9-10,16,20,22-24,30,33-34,37,39,43-44,47,49-52H,3,6-8,11-15,17-19,21,25-29,46H2,1H3. The Morgan fingerprint density at radius 3 is 2.72 bits per heavy atom. The van der Waals surface area contributed by atoms with Crippen LogP contribution in [0.3, 0.4) is 0 Å². The van der Waals surface area contributed by atoms with Gasteiger partial charge in [0.05, 0.1) is 18.1 Å². The molecule has 7 unspecified atom stereocenters. The van der Waals surface area contributed by atoms with E-state index in [4.69, 9.17) is 20.2 Å².